The van der Waals surface area contributed by atoms with Gasteiger partial charge in [0.25, 0.3) is 0 Å². The molecule has 4 nitrogen and oxygen atoms in total. The van der Waals surface area contributed by atoms with Crippen LogP contribution in [0, 0.1) is 20.8 Å². The zero-order valence-corrected chi connectivity index (χ0v) is 15.4. The molecular formula is C20H20NO3P. The van der Waals surface area contributed by atoms with Gasteiger partial charge in [0, 0.05) is 11.8 Å². The molecule has 0 aliphatic heterocycles. The van der Waals surface area contributed by atoms with Crippen molar-refractivity contribution >= 4 is 8.60 Å². The normalized spacial score (nSPS) is 10.6. The van der Waals surface area contributed by atoms with Crippen molar-refractivity contribution in [1.29, 1.82) is 0 Å². The van der Waals surface area contributed by atoms with Gasteiger partial charge in [-0.1, -0.05) is 41.5 Å². The fraction of sp³-hybridized carbons (Fsp3) is 0.150. The molecule has 0 spiro atoms. The molecule has 3 aromatic rings. The Morgan fingerprint density at radius 2 is 1.16 bits per heavy atom. The molecule has 2 aromatic carbocycles. The highest BCUT2D eigenvalue weighted by atomic mass is 31.2. The van der Waals surface area contributed by atoms with Crippen molar-refractivity contribution in [3.63, 3.8) is 0 Å². The van der Waals surface area contributed by atoms with Gasteiger partial charge in [-0.2, -0.15) is 0 Å². The highest BCUT2D eigenvalue weighted by Crippen LogP contribution is 2.41. The lowest BCUT2D eigenvalue weighted by atomic mass is 10.2. The molecule has 1 aromatic heterocycles. The smallest absolute Gasteiger partial charge is 0.408 e. The Morgan fingerprint density at radius 3 is 1.64 bits per heavy atom. The second kappa shape index (κ2) is 8.00. The predicted octanol–water partition coefficient (Wildman–Crippen LogP) is 5.77. The maximum atomic E-state index is 5.93. The number of hydrogen-bond acceptors (Lipinski definition) is 4. The van der Waals surface area contributed by atoms with E-state index in [9.17, 15) is 0 Å². The fourth-order valence-corrected chi connectivity index (χ4v) is 3.03. The van der Waals surface area contributed by atoms with Gasteiger partial charge in [0.15, 0.2) is 0 Å². The van der Waals surface area contributed by atoms with E-state index in [2.05, 4.69) is 4.98 Å². The molecule has 0 saturated heterocycles. The molecule has 0 saturated carbocycles. The van der Waals surface area contributed by atoms with E-state index in [1.807, 2.05) is 81.4 Å². The second-order valence-corrected chi connectivity index (χ2v) is 6.74. The van der Waals surface area contributed by atoms with Gasteiger partial charge < -0.3 is 13.6 Å². The average Bonchev–Trinajstić information content (AvgIpc) is 2.59. The molecule has 0 unspecified atom stereocenters. The third-order valence-electron chi connectivity index (χ3n) is 3.43. The monoisotopic (exact) mass is 353 g/mol. The molecule has 0 aliphatic rings. The minimum absolute atomic E-state index is 0.477. The fourth-order valence-electron chi connectivity index (χ4n) is 2.07. The summed E-state index contributed by atoms with van der Waals surface area (Å²) >= 11 is 0. The van der Waals surface area contributed by atoms with Gasteiger partial charge in [-0.3, -0.25) is 0 Å². The van der Waals surface area contributed by atoms with Crippen LogP contribution < -0.4 is 13.6 Å². The van der Waals surface area contributed by atoms with Crippen LogP contribution in [0.2, 0.25) is 0 Å². The lowest BCUT2D eigenvalue weighted by Gasteiger charge is -2.17. The lowest BCUT2D eigenvalue weighted by Crippen LogP contribution is -2.03. The number of benzene rings is 2. The van der Waals surface area contributed by atoms with Crippen LogP contribution >= 0.6 is 8.60 Å². The van der Waals surface area contributed by atoms with Crippen LogP contribution in [0.25, 0.3) is 0 Å². The number of nitrogens with zero attached hydrogens (tertiary/aromatic N) is 1. The summed E-state index contributed by atoms with van der Waals surface area (Å²) in [7, 11) is -1.68. The molecule has 0 aliphatic carbocycles. The van der Waals surface area contributed by atoms with Crippen LogP contribution in [0.15, 0.2) is 66.7 Å². The molecule has 128 valence electrons. The Hall–Kier alpha value is -2.58. The number of aromatic nitrogens is 1. The second-order valence-electron chi connectivity index (χ2n) is 5.74. The Labute approximate surface area is 149 Å². The summed E-state index contributed by atoms with van der Waals surface area (Å²) in [6, 6.07) is 21.1. The number of aryl methyl sites for hydroxylation is 3. The predicted molar refractivity (Wildman–Crippen MR) is 100 cm³/mol. The van der Waals surface area contributed by atoms with Gasteiger partial charge in [0.2, 0.25) is 5.88 Å². The minimum Gasteiger partial charge on any atom is -0.408 e. The van der Waals surface area contributed by atoms with E-state index < -0.39 is 8.60 Å². The molecule has 0 N–H and O–H groups in total. The molecule has 0 bridgehead atoms. The molecule has 1 heterocycles. The first-order chi connectivity index (χ1) is 12.1. The quantitative estimate of drug-likeness (QED) is 0.528. The Balaban J connectivity index is 1.79. The number of hydrogen-bond donors (Lipinski definition) is 0. The number of rotatable bonds is 6. The van der Waals surface area contributed by atoms with Crippen molar-refractivity contribution in [3.8, 4) is 17.4 Å². The third kappa shape index (κ3) is 5.20. The standard InChI is InChI=1S/C20H20NO3P/c1-15-7-11-18(12-8-15)22-25(23-19-13-9-16(2)10-14-19)24-20-6-4-5-17(3)21-20/h4-14H,1-3H3. The van der Waals surface area contributed by atoms with Gasteiger partial charge in [-0.05, 0) is 51.1 Å². The third-order valence-corrected chi connectivity index (χ3v) is 4.49. The first kappa shape index (κ1) is 17.2. The zero-order valence-electron chi connectivity index (χ0n) is 14.5. The van der Waals surface area contributed by atoms with E-state index >= 15 is 0 Å². The van der Waals surface area contributed by atoms with E-state index in [-0.39, 0.29) is 0 Å². The van der Waals surface area contributed by atoms with Crippen LogP contribution in [-0.2, 0) is 0 Å². The van der Waals surface area contributed by atoms with E-state index in [1.165, 1.54) is 0 Å². The number of pyridine rings is 1. The lowest BCUT2D eigenvalue weighted by molar-refractivity contribution is 0.381. The molecule has 25 heavy (non-hydrogen) atoms. The molecule has 0 fully saturated rings. The van der Waals surface area contributed by atoms with Gasteiger partial charge in [0.05, 0.1) is 0 Å². The van der Waals surface area contributed by atoms with Gasteiger partial charge in [-0.25, -0.2) is 4.98 Å². The minimum atomic E-state index is -1.68. The van der Waals surface area contributed by atoms with Crippen molar-refractivity contribution in [2.45, 2.75) is 20.8 Å². The molecule has 0 amide bonds. The Bertz CT molecular complexity index is 772. The van der Waals surface area contributed by atoms with Crippen molar-refractivity contribution < 1.29 is 13.6 Å². The van der Waals surface area contributed by atoms with E-state index in [4.69, 9.17) is 13.6 Å². The SMILES string of the molecule is Cc1ccc(OP(Oc2ccc(C)cc2)Oc2cccc(C)n2)cc1. The summed E-state index contributed by atoms with van der Waals surface area (Å²) in [4.78, 5) is 4.36. The zero-order chi connectivity index (χ0) is 17.6. The summed E-state index contributed by atoms with van der Waals surface area (Å²) in [6.07, 6.45) is 0. The molecule has 5 heteroatoms. The summed E-state index contributed by atoms with van der Waals surface area (Å²) in [5, 5.41) is 0. The maximum Gasteiger partial charge on any atom is 0.531 e. The summed E-state index contributed by atoms with van der Waals surface area (Å²) in [5.74, 6) is 1.86. The first-order valence-corrected chi connectivity index (χ1v) is 9.09. The van der Waals surface area contributed by atoms with Crippen LogP contribution in [0.1, 0.15) is 16.8 Å². The van der Waals surface area contributed by atoms with Crippen molar-refractivity contribution in [3.05, 3.63) is 83.6 Å². The summed E-state index contributed by atoms with van der Waals surface area (Å²) in [5.41, 5.74) is 3.20. The van der Waals surface area contributed by atoms with Crippen molar-refractivity contribution in [2.24, 2.45) is 0 Å². The van der Waals surface area contributed by atoms with Gasteiger partial charge in [0.1, 0.15) is 11.5 Å². The van der Waals surface area contributed by atoms with Gasteiger partial charge in [-0.15, -0.1) is 0 Å². The van der Waals surface area contributed by atoms with Crippen LogP contribution in [-0.4, -0.2) is 4.98 Å². The highest BCUT2D eigenvalue weighted by molar-refractivity contribution is 7.43. The average molecular weight is 353 g/mol. The summed E-state index contributed by atoms with van der Waals surface area (Å²) in [6.45, 7) is 5.97. The van der Waals surface area contributed by atoms with Crippen LogP contribution in [0.4, 0.5) is 0 Å². The van der Waals surface area contributed by atoms with Crippen molar-refractivity contribution in [2.75, 3.05) is 0 Å². The van der Waals surface area contributed by atoms with Crippen molar-refractivity contribution in [1.82, 2.24) is 4.98 Å². The Morgan fingerprint density at radius 1 is 0.640 bits per heavy atom. The molecule has 3 rings (SSSR count). The van der Waals surface area contributed by atoms with E-state index in [1.54, 1.807) is 6.07 Å². The van der Waals surface area contributed by atoms with Crippen LogP contribution in [0.5, 0.6) is 17.4 Å². The van der Waals surface area contributed by atoms with E-state index in [0.29, 0.717) is 17.4 Å². The topological polar surface area (TPSA) is 40.6 Å². The Kier molecular flexibility index (Phi) is 5.52. The maximum absolute atomic E-state index is 5.93. The van der Waals surface area contributed by atoms with Gasteiger partial charge >= 0.3 is 8.60 Å². The molecular weight excluding hydrogens is 333 g/mol. The highest BCUT2D eigenvalue weighted by Gasteiger charge is 2.20. The summed E-state index contributed by atoms with van der Waals surface area (Å²) < 4.78 is 17.7. The van der Waals surface area contributed by atoms with E-state index in [0.717, 1.165) is 16.8 Å². The van der Waals surface area contributed by atoms with Crippen LogP contribution in [0.3, 0.4) is 0 Å². The molecule has 0 radical (unpaired) electrons. The molecule has 0 atom stereocenters. The largest absolute Gasteiger partial charge is 0.531 e. The first-order valence-electron chi connectivity index (χ1n) is 7.99.